The molecule has 1 amide bonds. The molecular weight excluding hydrogens is 420 g/mol. The van der Waals surface area contributed by atoms with Gasteiger partial charge in [-0.1, -0.05) is 11.6 Å². The van der Waals surface area contributed by atoms with Gasteiger partial charge in [0, 0.05) is 62.1 Å². The number of carbonyl (C=O) groups excluding carboxylic acids is 1. The molecule has 0 N–H and O–H groups in total. The maximum atomic E-state index is 12.9. The second-order valence-electron chi connectivity index (χ2n) is 7.54. The molecule has 0 saturated carbocycles. The summed E-state index contributed by atoms with van der Waals surface area (Å²) in [7, 11) is 1.95. The normalized spacial score (nSPS) is 14.8. The summed E-state index contributed by atoms with van der Waals surface area (Å²) in [4.78, 5) is 18.0. The first-order valence-corrected chi connectivity index (χ1v) is 11.2. The van der Waals surface area contributed by atoms with Crippen molar-refractivity contribution in [1.29, 1.82) is 0 Å². The summed E-state index contributed by atoms with van der Waals surface area (Å²) in [5.74, 6) is 0.869. The summed E-state index contributed by atoms with van der Waals surface area (Å²) < 4.78 is 7.63. The van der Waals surface area contributed by atoms with Crippen LogP contribution in [0.4, 0.5) is 0 Å². The number of amides is 1. The van der Waals surface area contributed by atoms with Gasteiger partial charge in [0.15, 0.2) is 0 Å². The van der Waals surface area contributed by atoms with Gasteiger partial charge in [0.2, 0.25) is 0 Å². The third-order valence-corrected chi connectivity index (χ3v) is 6.47. The fourth-order valence-electron chi connectivity index (χ4n) is 3.57. The van der Waals surface area contributed by atoms with Gasteiger partial charge in [0.25, 0.3) is 5.91 Å². The molecule has 1 aromatic carbocycles. The van der Waals surface area contributed by atoms with Gasteiger partial charge in [-0.2, -0.15) is 5.10 Å². The van der Waals surface area contributed by atoms with Gasteiger partial charge in [0.1, 0.15) is 12.4 Å². The molecule has 3 aromatic rings. The largest absolute Gasteiger partial charge is 0.489 e. The topological polar surface area (TPSA) is 50.6 Å². The minimum atomic E-state index is 0.106. The van der Waals surface area contributed by atoms with Gasteiger partial charge in [-0.25, -0.2) is 0 Å². The molecule has 3 heterocycles. The van der Waals surface area contributed by atoms with E-state index in [1.807, 2.05) is 47.1 Å². The molecule has 30 heavy (non-hydrogen) atoms. The Labute approximate surface area is 185 Å². The molecule has 6 nitrogen and oxygen atoms in total. The Balaban J connectivity index is 1.28. The van der Waals surface area contributed by atoms with E-state index in [4.69, 9.17) is 16.3 Å². The van der Waals surface area contributed by atoms with Gasteiger partial charge < -0.3 is 9.64 Å². The lowest BCUT2D eigenvalue weighted by molar-refractivity contribution is 0.0633. The molecule has 0 aliphatic carbocycles. The Morgan fingerprint density at radius 1 is 1.20 bits per heavy atom. The Morgan fingerprint density at radius 2 is 1.93 bits per heavy atom. The lowest BCUT2D eigenvalue weighted by Crippen LogP contribution is -2.48. The Hall–Kier alpha value is -2.35. The molecule has 4 rings (SSSR count). The number of halogens is 1. The zero-order chi connectivity index (χ0) is 21.1. The maximum absolute atomic E-state index is 12.9. The SMILES string of the molecule is Cc1nn(C)cc1CN1CCN(C(=O)c2cc(COc3ccc(Cl)cc3)cs2)CC1. The molecule has 0 atom stereocenters. The Kier molecular flexibility index (Phi) is 6.41. The van der Waals surface area contributed by atoms with Crippen LogP contribution in [0.2, 0.25) is 5.02 Å². The van der Waals surface area contributed by atoms with Crippen LogP contribution in [0, 0.1) is 6.92 Å². The molecular formula is C22H25ClN4O2S. The highest BCUT2D eigenvalue weighted by atomic mass is 35.5. The molecule has 2 aromatic heterocycles. The summed E-state index contributed by atoms with van der Waals surface area (Å²) in [5.41, 5.74) is 3.33. The van der Waals surface area contributed by atoms with Crippen LogP contribution < -0.4 is 4.74 Å². The van der Waals surface area contributed by atoms with Crippen LogP contribution in [0.1, 0.15) is 26.5 Å². The number of aryl methyl sites for hydroxylation is 2. The maximum Gasteiger partial charge on any atom is 0.264 e. The number of aromatic nitrogens is 2. The summed E-state index contributed by atoms with van der Waals surface area (Å²) in [5, 5.41) is 7.08. The van der Waals surface area contributed by atoms with E-state index < -0.39 is 0 Å². The number of piperazine rings is 1. The minimum Gasteiger partial charge on any atom is -0.489 e. The number of benzene rings is 1. The van der Waals surface area contributed by atoms with Crippen molar-refractivity contribution in [2.75, 3.05) is 26.2 Å². The third kappa shape index (κ3) is 5.03. The number of nitrogens with zero attached hydrogens (tertiary/aromatic N) is 4. The third-order valence-electron chi connectivity index (χ3n) is 5.25. The van der Waals surface area contributed by atoms with Gasteiger partial charge in [-0.05, 0) is 42.6 Å². The fourth-order valence-corrected chi connectivity index (χ4v) is 4.56. The quantitative estimate of drug-likeness (QED) is 0.577. The van der Waals surface area contributed by atoms with Crippen molar-refractivity contribution >= 4 is 28.8 Å². The lowest BCUT2D eigenvalue weighted by Gasteiger charge is -2.34. The highest BCUT2D eigenvalue weighted by molar-refractivity contribution is 7.12. The van der Waals surface area contributed by atoms with Crippen molar-refractivity contribution in [2.45, 2.75) is 20.1 Å². The monoisotopic (exact) mass is 444 g/mol. The standard InChI is InChI=1S/C22H25ClN4O2S/c1-16-18(12-25(2)24-16)13-26-7-9-27(10-8-26)22(28)21-11-17(15-30-21)14-29-20-5-3-19(23)4-6-20/h3-6,11-12,15H,7-10,13-14H2,1-2H3. The van der Waals surface area contributed by atoms with E-state index in [2.05, 4.69) is 16.2 Å². The van der Waals surface area contributed by atoms with E-state index >= 15 is 0 Å². The predicted octanol–water partition coefficient (Wildman–Crippen LogP) is 3.98. The highest BCUT2D eigenvalue weighted by Gasteiger charge is 2.24. The van der Waals surface area contributed by atoms with Crippen molar-refractivity contribution in [3.8, 4) is 5.75 Å². The fraction of sp³-hybridized carbons (Fsp3) is 0.364. The minimum absolute atomic E-state index is 0.106. The summed E-state index contributed by atoms with van der Waals surface area (Å²) in [6.45, 7) is 6.59. The molecule has 158 valence electrons. The molecule has 8 heteroatoms. The first-order valence-electron chi connectivity index (χ1n) is 9.94. The molecule has 1 saturated heterocycles. The van der Waals surface area contributed by atoms with Crippen LogP contribution in [0.25, 0.3) is 0 Å². The van der Waals surface area contributed by atoms with Crippen LogP contribution in [0.15, 0.2) is 41.9 Å². The van der Waals surface area contributed by atoms with Gasteiger partial charge >= 0.3 is 0 Å². The van der Waals surface area contributed by atoms with Gasteiger partial charge in [0.05, 0.1) is 10.6 Å². The number of hydrogen-bond donors (Lipinski definition) is 0. The van der Waals surface area contributed by atoms with E-state index in [1.54, 1.807) is 12.1 Å². The van der Waals surface area contributed by atoms with Crippen molar-refractivity contribution in [2.24, 2.45) is 7.05 Å². The Bertz CT molecular complexity index is 1010. The van der Waals surface area contributed by atoms with Crippen LogP contribution in [0.5, 0.6) is 5.75 Å². The molecule has 1 aliphatic rings. The molecule has 0 unspecified atom stereocenters. The van der Waals surface area contributed by atoms with Crippen LogP contribution in [0.3, 0.4) is 0 Å². The molecule has 1 fully saturated rings. The Morgan fingerprint density at radius 3 is 2.60 bits per heavy atom. The van der Waals surface area contributed by atoms with Gasteiger partial charge in [-0.3, -0.25) is 14.4 Å². The smallest absolute Gasteiger partial charge is 0.264 e. The number of thiophene rings is 1. The second-order valence-corrected chi connectivity index (χ2v) is 8.89. The van der Waals surface area contributed by atoms with E-state index in [9.17, 15) is 4.79 Å². The van der Waals surface area contributed by atoms with E-state index in [0.717, 1.165) is 54.6 Å². The average molecular weight is 445 g/mol. The number of ether oxygens (including phenoxy) is 1. The molecule has 0 spiro atoms. The highest BCUT2D eigenvalue weighted by Crippen LogP contribution is 2.21. The summed E-state index contributed by atoms with van der Waals surface area (Å²) in [6.07, 6.45) is 2.08. The first kappa shape index (κ1) is 20.9. The van der Waals surface area contributed by atoms with Crippen LogP contribution in [-0.2, 0) is 20.2 Å². The molecule has 0 radical (unpaired) electrons. The predicted molar refractivity (Wildman–Crippen MR) is 119 cm³/mol. The van der Waals surface area contributed by atoms with Crippen LogP contribution >= 0.6 is 22.9 Å². The number of rotatable bonds is 6. The summed E-state index contributed by atoms with van der Waals surface area (Å²) >= 11 is 7.38. The zero-order valence-electron chi connectivity index (χ0n) is 17.2. The lowest BCUT2D eigenvalue weighted by atomic mass is 10.2. The van der Waals surface area contributed by atoms with E-state index in [1.165, 1.54) is 16.9 Å². The summed E-state index contributed by atoms with van der Waals surface area (Å²) in [6, 6.07) is 9.22. The van der Waals surface area contributed by atoms with Gasteiger partial charge in [-0.15, -0.1) is 11.3 Å². The molecule has 0 bridgehead atoms. The number of hydrogen-bond acceptors (Lipinski definition) is 5. The average Bonchev–Trinajstić information content (AvgIpc) is 3.34. The van der Waals surface area contributed by atoms with E-state index in [0.29, 0.717) is 11.6 Å². The van der Waals surface area contributed by atoms with Crippen molar-refractivity contribution in [3.63, 3.8) is 0 Å². The zero-order valence-corrected chi connectivity index (χ0v) is 18.7. The van der Waals surface area contributed by atoms with E-state index in [-0.39, 0.29) is 5.91 Å². The van der Waals surface area contributed by atoms with Crippen molar-refractivity contribution in [3.05, 3.63) is 68.6 Å². The number of carbonyl (C=O) groups is 1. The van der Waals surface area contributed by atoms with Crippen molar-refractivity contribution < 1.29 is 9.53 Å². The second kappa shape index (κ2) is 9.20. The van der Waals surface area contributed by atoms with Crippen LogP contribution in [-0.4, -0.2) is 51.7 Å². The first-order chi connectivity index (χ1) is 14.5. The molecule has 1 aliphatic heterocycles. The van der Waals surface area contributed by atoms with Crippen molar-refractivity contribution in [1.82, 2.24) is 19.6 Å².